The van der Waals surface area contributed by atoms with Gasteiger partial charge >= 0.3 is 5.97 Å². The Hall–Kier alpha value is -0.530. The number of ether oxygens (including phenoxy) is 1. The first-order chi connectivity index (χ1) is 10.7. The number of rotatable bonds is 16. The summed E-state index contributed by atoms with van der Waals surface area (Å²) in [6, 6.07) is 0. The number of hydrogen-bond donors (Lipinski definition) is 0. The van der Waals surface area contributed by atoms with Crippen LogP contribution in [-0.2, 0) is 9.53 Å². The van der Waals surface area contributed by atoms with Gasteiger partial charge in [0.25, 0.3) is 0 Å². The number of hydrogen-bond acceptors (Lipinski definition) is 2. The minimum Gasteiger partial charge on any atom is -0.465 e. The van der Waals surface area contributed by atoms with Crippen LogP contribution in [0.25, 0.3) is 0 Å². The third-order valence-electron chi connectivity index (χ3n) is 4.51. The monoisotopic (exact) mass is 312 g/mol. The van der Waals surface area contributed by atoms with Crippen molar-refractivity contribution in [2.75, 3.05) is 6.61 Å². The van der Waals surface area contributed by atoms with Gasteiger partial charge in [-0.3, -0.25) is 4.79 Å². The van der Waals surface area contributed by atoms with Crippen molar-refractivity contribution in [2.45, 2.75) is 111 Å². The summed E-state index contributed by atoms with van der Waals surface area (Å²) in [6.45, 7) is 6.85. The molecule has 0 N–H and O–H groups in total. The van der Waals surface area contributed by atoms with Crippen LogP contribution in [0.3, 0.4) is 0 Å². The molecule has 0 bridgehead atoms. The largest absolute Gasteiger partial charge is 0.465 e. The standard InChI is InChI=1S/C20H40O2/c1-4-6-7-8-9-10-11-12-13-14-15-16-17-18-22-20(21)19(3)5-2/h19H,4-18H2,1-3H3. The Labute approximate surface area is 139 Å². The van der Waals surface area contributed by atoms with Gasteiger partial charge in [0.15, 0.2) is 0 Å². The maximum Gasteiger partial charge on any atom is 0.308 e. The van der Waals surface area contributed by atoms with Crippen LogP contribution in [-0.4, -0.2) is 12.6 Å². The maximum absolute atomic E-state index is 11.5. The molecule has 0 saturated heterocycles. The lowest BCUT2D eigenvalue weighted by molar-refractivity contribution is -0.148. The zero-order chi connectivity index (χ0) is 16.5. The molecule has 0 rings (SSSR count). The van der Waals surface area contributed by atoms with E-state index >= 15 is 0 Å². The summed E-state index contributed by atoms with van der Waals surface area (Å²) < 4.78 is 5.26. The Balaban J connectivity index is 3.10. The van der Waals surface area contributed by atoms with Gasteiger partial charge in [-0.05, 0) is 12.8 Å². The summed E-state index contributed by atoms with van der Waals surface area (Å²) >= 11 is 0. The molecule has 132 valence electrons. The van der Waals surface area contributed by atoms with Gasteiger partial charge in [-0.25, -0.2) is 0 Å². The van der Waals surface area contributed by atoms with Gasteiger partial charge in [0.05, 0.1) is 12.5 Å². The van der Waals surface area contributed by atoms with Crippen LogP contribution in [0.2, 0.25) is 0 Å². The van der Waals surface area contributed by atoms with Crippen LogP contribution in [0.5, 0.6) is 0 Å². The van der Waals surface area contributed by atoms with Crippen LogP contribution < -0.4 is 0 Å². The normalized spacial score (nSPS) is 12.3. The average molecular weight is 313 g/mol. The molecule has 0 amide bonds. The molecule has 0 saturated carbocycles. The highest BCUT2D eigenvalue weighted by molar-refractivity contribution is 5.71. The number of carbonyl (C=O) groups excluding carboxylic acids is 1. The second-order valence-electron chi connectivity index (χ2n) is 6.72. The van der Waals surface area contributed by atoms with Gasteiger partial charge in [0.1, 0.15) is 0 Å². The summed E-state index contributed by atoms with van der Waals surface area (Å²) in [5.41, 5.74) is 0. The molecule has 0 spiro atoms. The number of unbranched alkanes of at least 4 members (excludes halogenated alkanes) is 12. The van der Waals surface area contributed by atoms with Crippen molar-refractivity contribution >= 4 is 5.97 Å². The van der Waals surface area contributed by atoms with Crippen LogP contribution >= 0.6 is 0 Å². The molecule has 0 aliphatic rings. The molecule has 0 aromatic carbocycles. The Kier molecular flexibility index (Phi) is 16.4. The van der Waals surface area contributed by atoms with E-state index in [2.05, 4.69) is 6.92 Å². The fraction of sp³-hybridized carbons (Fsp3) is 0.950. The topological polar surface area (TPSA) is 26.3 Å². The quantitative estimate of drug-likeness (QED) is 0.235. The highest BCUT2D eigenvalue weighted by atomic mass is 16.5. The second-order valence-corrected chi connectivity index (χ2v) is 6.72. The maximum atomic E-state index is 11.5. The van der Waals surface area contributed by atoms with E-state index in [-0.39, 0.29) is 11.9 Å². The van der Waals surface area contributed by atoms with Gasteiger partial charge in [-0.1, -0.05) is 97.8 Å². The predicted octanol–water partition coefficient (Wildman–Crippen LogP) is 6.67. The van der Waals surface area contributed by atoms with Crippen LogP contribution in [0.4, 0.5) is 0 Å². The molecule has 0 fully saturated rings. The first kappa shape index (κ1) is 21.5. The SMILES string of the molecule is CCCCCCCCCCCCCCCOC(=O)C(C)CC. The van der Waals surface area contributed by atoms with Crippen molar-refractivity contribution in [1.29, 1.82) is 0 Å². The summed E-state index contributed by atoms with van der Waals surface area (Å²) in [4.78, 5) is 11.5. The summed E-state index contributed by atoms with van der Waals surface area (Å²) in [7, 11) is 0. The summed E-state index contributed by atoms with van der Waals surface area (Å²) in [5.74, 6) is 0.0309. The van der Waals surface area contributed by atoms with Crippen LogP contribution in [0.1, 0.15) is 111 Å². The van der Waals surface area contributed by atoms with E-state index in [0.717, 1.165) is 12.8 Å². The van der Waals surface area contributed by atoms with Crippen molar-refractivity contribution in [3.63, 3.8) is 0 Å². The molecule has 0 aliphatic heterocycles. The fourth-order valence-corrected chi connectivity index (χ4v) is 2.60. The van der Waals surface area contributed by atoms with E-state index in [0.29, 0.717) is 6.61 Å². The first-order valence-corrected chi connectivity index (χ1v) is 9.89. The Morgan fingerprint density at radius 2 is 1.14 bits per heavy atom. The van der Waals surface area contributed by atoms with E-state index in [1.54, 1.807) is 0 Å². The molecule has 0 heterocycles. The molecule has 0 aromatic rings. The zero-order valence-corrected chi connectivity index (χ0v) is 15.5. The van der Waals surface area contributed by atoms with Crippen LogP contribution in [0, 0.1) is 5.92 Å². The molecular weight excluding hydrogens is 272 g/mol. The third-order valence-corrected chi connectivity index (χ3v) is 4.51. The predicted molar refractivity (Wildman–Crippen MR) is 96.1 cm³/mol. The van der Waals surface area contributed by atoms with Gasteiger partial charge in [-0.2, -0.15) is 0 Å². The molecule has 2 heteroatoms. The molecule has 2 nitrogen and oxygen atoms in total. The second kappa shape index (κ2) is 16.8. The van der Waals surface area contributed by atoms with Crippen molar-refractivity contribution < 1.29 is 9.53 Å². The van der Waals surface area contributed by atoms with Crippen LogP contribution in [0.15, 0.2) is 0 Å². The summed E-state index contributed by atoms with van der Waals surface area (Å²) in [6.07, 6.45) is 18.4. The molecule has 1 unspecified atom stereocenters. The van der Waals surface area contributed by atoms with Gasteiger partial charge in [-0.15, -0.1) is 0 Å². The highest BCUT2D eigenvalue weighted by Gasteiger charge is 2.10. The first-order valence-electron chi connectivity index (χ1n) is 9.89. The fourth-order valence-electron chi connectivity index (χ4n) is 2.60. The average Bonchev–Trinajstić information content (AvgIpc) is 2.54. The van der Waals surface area contributed by atoms with Gasteiger partial charge < -0.3 is 4.74 Å². The van der Waals surface area contributed by atoms with E-state index in [9.17, 15) is 4.79 Å². The molecule has 0 aromatic heterocycles. The van der Waals surface area contributed by atoms with Crippen molar-refractivity contribution in [3.8, 4) is 0 Å². The Bertz CT molecular complexity index is 238. The van der Waals surface area contributed by atoms with Crippen molar-refractivity contribution in [2.24, 2.45) is 5.92 Å². The molecule has 1 atom stereocenters. The lowest BCUT2D eigenvalue weighted by Gasteiger charge is -2.08. The van der Waals surface area contributed by atoms with E-state index in [4.69, 9.17) is 4.74 Å². The smallest absolute Gasteiger partial charge is 0.308 e. The van der Waals surface area contributed by atoms with Crippen molar-refractivity contribution in [3.05, 3.63) is 0 Å². The lowest BCUT2D eigenvalue weighted by atomic mass is 10.0. The van der Waals surface area contributed by atoms with Gasteiger partial charge in [0.2, 0.25) is 0 Å². The van der Waals surface area contributed by atoms with E-state index < -0.39 is 0 Å². The Morgan fingerprint density at radius 3 is 1.55 bits per heavy atom. The molecule has 0 radical (unpaired) electrons. The zero-order valence-electron chi connectivity index (χ0n) is 15.5. The molecular formula is C20H40O2. The molecule has 0 aliphatic carbocycles. The summed E-state index contributed by atoms with van der Waals surface area (Å²) in [5, 5.41) is 0. The minimum atomic E-state index is -0.0264. The number of esters is 1. The highest BCUT2D eigenvalue weighted by Crippen LogP contribution is 2.12. The number of carbonyl (C=O) groups is 1. The van der Waals surface area contributed by atoms with E-state index in [1.165, 1.54) is 77.0 Å². The Morgan fingerprint density at radius 1 is 0.727 bits per heavy atom. The third kappa shape index (κ3) is 14.4. The van der Waals surface area contributed by atoms with Gasteiger partial charge in [0, 0.05) is 0 Å². The molecule has 22 heavy (non-hydrogen) atoms. The van der Waals surface area contributed by atoms with Crippen molar-refractivity contribution in [1.82, 2.24) is 0 Å². The minimum absolute atomic E-state index is 0.0264. The van der Waals surface area contributed by atoms with E-state index in [1.807, 2.05) is 13.8 Å². The lowest BCUT2D eigenvalue weighted by Crippen LogP contribution is -2.14.